The highest BCUT2D eigenvalue weighted by molar-refractivity contribution is 7.13. The lowest BCUT2D eigenvalue weighted by Crippen LogP contribution is -2.39. The van der Waals surface area contributed by atoms with Crippen LogP contribution in [-0.4, -0.2) is 142 Å². The fourth-order valence-corrected chi connectivity index (χ4v) is 17.5. The van der Waals surface area contributed by atoms with Gasteiger partial charge in [-0.2, -0.15) is 13.2 Å². The lowest BCUT2D eigenvalue weighted by Gasteiger charge is -2.09. The van der Waals surface area contributed by atoms with Gasteiger partial charge < -0.3 is 24.7 Å². The minimum atomic E-state index is -4.43. The van der Waals surface area contributed by atoms with Crippen molar-refractivity contribution in [1.29, 1.82) is 0 Å². The molecule has 41 heteroatoms. The summed E-state index contributed by atoms with van der Waals surface area (Å²) in [5, 5.41) is 36.0. The number of nitrogens with one attached hydrogen (secondary N) is 4. The van der Waals surface area contributed by atoms with Crippen LogP contribution >= 0.6 is 11.3 Å². The summed E-state index contributed by atoms with van der Waals surface area (Å²) in [5.74, 6) is 5.23. The normalized spacial score (nSPS) is 14.0. The molecule has 20 aromatic rings. The molecule has 0 amide bonds. The van der Waals surface area contributed by atoms with Crippen molar-refractivity contribution in [3.63, 3.8) is 0 Å². The summed E-state index contributed by atoms with van der Waals surface area (Å²) in [5.41, 5.74) is 7.46. The quantitative estimate of drug-likeness (QED) is 0.0519. The molecule has 0 aliphatic heterocycles. The highest BCUT2D eigenvalue weighted by atomic mass is 32.1. The number of ether oxygens (including phenoxy) is 1. The lowest BCUT2D eigenvalue weighted by atomic mass is 10.1. The largest absolute Gasteiger partial charge is 0.497 e. The van der Waals surface area contributed by atoms with Crippen LogP contribution in [0.3, 0.4) is 0 Å². The van der Waals surface area contributed by atoms with Gasteiger partial charge in [0.1, 0.15) is 51.1 Å². The third kappa shape index (κ3) is 15.2. The molecule has 0 unspecified atom stereocenters. The minimum absolute atomic E-state index is 0.000911. The number of aryl methyl sites for hydroxylation is 4. The smallest absolute Gasteiger partial charge is 0.416 e. The third-order valence-electron chi connectivity index (χ3n) is 24.0. The first-order chi connectivity index (χ1) is 64.6. The van der Waals surface area contributed by atoms with E-state index in [9.17, 15) is 51.5 Å². The summed E-state index contributed by atoms with van der Waals surface area (Å²) in [6, 6.07) is 40.7. The van der Waals surface area contributed by atoms with Crippen molar-refractivity contribution in [2.75, 3.05) is 7.11 Å². The number of fused-ring (bicyclic) bond motifs is 8. The Morgan fingerprint density at radius 1 is 0.346 bits per heavy atom. The fourth-order valence-electron chi connectivity index (χ4n) is 16.8. The van der Waals surface area contributed by atoms with Crippen molar-refractivity contribution in [1.82, 2.24) is 135 Å². The monoisotopic (exact) mass is 1810 g/mol. The van der Waals surface area contributed by atoms with E-state index in [1.165, 1.54) is 35.0 Å². The van der Waals surface area contributed by atoms with E-state index in [4.69, 9.17) is 4.74 Å². The standard InChI is InChI=1S/C24H20F3N7O2.C24H23N7O3.C23H21N7O2.C21H19N7O2S/c1-2-11-32-21-18(22(35)34(23(32)36)16-8-9-16)28-19(29-21)14-5-10-17-30-31-20(33(17)12-14)13-3-6-15(7-4-13)24(25,26)27;1-3-12-29-22-19(23(32)31(24(29)33)16-7-8-16)25-20(26-22)15-6-11-18-27-28-21(30(18)13-15)14-4-9-17(34-2)10-5-14;1-2-12-28-21-18(22(31)30(23(28)32)16-9-10-16)24-19(25-21)15-8-11-17-26-27-20(29(17)13-15)14-6-4-3-5-7-14;1-2-9-26-19-16(20(29)28(21(26)30)13-6-7-13)22-17(23-19)12-5-8-15-24-25-18(27(15)11-12)14-4-3-10-31-14/h3-7,10,12,16H,2,8-9,11H2,1H3,(H,28,29);4-6,9-11,13,16H,3,7-8,12H2,1-2H3,(H,25,26);3-8,11,13,16H,2,9-10,12H2,1H3,(H,24,25);3-5,8,10-11,13H,2,6-7,9H2,1H3,(H,22,23). The number of thiophene rings is 1. The van der Waals surface area contributed by atoms with Gasteiger partial charge in [0.2, 0.25) is 0 Å². The topological polar surface area (TPSA) is 421 Å². The molecule has 133 heavy (non-hydrogen) atoms. The molecule has 17 aromatic heterocycles. The van der Waals surface area contributed by atoms with Crippen LogP contribution < -0.4 is 49.7 Å². The summed E-state index contributed by atoms with van der Waals surface area (Å²) in [6.07, 6.45) is 12.7. The summed E-state index contributed by atoms with van der Waals surface area (Å²) < 4.78 is 63.3. The zero-order valence-corrected chi connectivity index (χ0v) is 73.1. The van der Waals surface area contributed by atoms with Gasteiger partial charge in [-0.25, -0.2) is 39.1 Å². The molecule has 0 radical (unpaired) electrons. The van der Waals surface area contributed by atoms with Gasteiger partial charge >= 0.3 is 28.9 Å². The number of H-pyrrole nitrogens is 4. The average molecular weight is 1810 g/mol. The Morgan fingerprint density at radius 3 is 0.910 bits per heavy atom. The number of nitrogens with zero attached hydrogens (tertiary/aromatic N) is 24. The summed E-state index contributed by atoms with van der Waals surface area (Å²) in [6.45, 7) is 9.90. The second kappa shape index (κ2) is 33.5. The number of imidazole rings is 4. The van der Waals surface area contributed by atoms with Crippen LogP contribution in [-0.2, 0) is 32.4 Å². The molecule has 672 valence electrons. The maximum Gasteiger partial charge on any atom is 0.416 e. The van der Waals surface area contributed by atoms with Gasteiger partial charge in [0.25, 0.3) is 22.2 Å². The number of alkyl halides is 3. The van der Waals surface area contributed by atoms with Crippen LogP contribution in [0, 0.1) is 0 Å². The molecule has 24 rings (SSSR count). The fraction of sp³-hybridized carbons (Fsp3) is 0.283. The minimum Gasteiger partial charge on any atom is -0.497 e. The van der Waals surface area contributed by atoms with Gasteiger partial charge in [-0.1, -0.05) is 76.2 Å². The maximum atomic E-state index is 13.1. The highest BCUT2D eigenvalue weighted by Crippen LogP contribution is 2.38. The summed E-state index contributed by atoms with van der Waals surface area (Å²) in [4.78, 5) is 137. The van der Waals surface area contributed by atoms with E-state index >= 15 is 0 Å². The molecule has 0 saturated heterocycles. The van der Waals surface area contributed by atoms with Crippen molar-refractivity contribution in [2.45, 2.75) is 161 Å². The van der Waals surface area contributed by atoms with E-state index in [2.05, 4.69) is 80.7 Å². The van der Waals surface area contributed by atoms with Gasteiger partial charge in [-0.3, -0.25) is 73.3 Å². The number of aromatic amines is 4. The van der Waals surface area contributed by atoms with Crippen molar-refractivity contribution < 1.29 is 17.9 Å². The molecular weight excluding hydrogens is 1730 g/mol. The number of rotatable bonds is 21. The number of halogens is 3. The number of methoxy groups -OCH3 is 1. The van der Waals surface area contributed by atoms with Crippen LogP contribution in [0.4, 0.5) is 13.2 Å². The number of hydrogen-bond donors (Lipinski definition) is 4. The summed E-state index contributed by atoms with van der Waals surface area (Å²) >= 11 is 1.59. The van der Waals surface area contributed by atoms with Gasteiger partial charge in [-0.05, 0) is 173 Å². The second-order valence-electron chi connectivity index (χ2n) is 33.3. The number of hydrogen-bond acceptors (Lipinski definition) is 22. The molecule has 17 heterocycles. The van der Waals surface area contributed by atoms with Crippen molar-refractivity contribution in [3.05, 3.63) is 259 Å². The molecule has 4 N–H and O–H groups in total. The molecule has 37 nitrogen and oxygen atoms in total. The molecule has 4 saturated carbocycles. The molecule has 0 spiro atoms. The molecule has 0 bridgehead atoms. The van der Waals surface area contributed by atoms with Crippen LogP contribution in [0.25, 0.3) is 158 Å². The van der Waals surface area contributed by atoms with E-state index in [1.807, 2.05) is 168 Å². The van der Waals surface area contributed by atoms with Crippen LogP contribution in [0.15, 0.2) is 208 Å². The van der Waals surface area contributed by atoms with Crippen molar-refractivity contribution in [2.24, 2.45) is 0 Å². The number of aromatic nitrogens is 28. The highest BCUT2D eigenvalue weighted by Gasteiger charge is 2.36. The predicted molar refractivity (Wildman–Crippen MR) is 492 cm³/mol. The molecule has 4 aliphatic carbocycles. The Labute approximate surface area is 750 Å². The van der Waals surface area contributed by atoms with E-state index in [0.717, 1.165) is 139 Å². The van der Waals surface area contributed by atoms with Crippen molar-refractivity contribution in [3.8, 4) is 96.2 Å². The second-order valence-corrected chi connectivity index (χ2v) is 34.3. The first-order valence-corrected chi connectivity index (χ1v) is 44.9. The van der Waals surface area contributed by atoms with Crippen molar-refractivity contribution >= 4 is 78.6 Å². The van der Waals surface area contributed by atoms with Gasteiger partial charge in [-0.15, -0.1) is 52.1 Å². The molecular formula is C92H83F3N28O9S. The molecule has 4 fully saturated rings. The molecule has 0 atom stereocenters. The lowest BCUT2D eigenvalue weighted by molar-refractivity contribution is -0.137. The number of benzene rings is 3. The first kappa shape index (κ1) is 83.9. The Balaban J connectivity index is 0.000000107. The van der Waals surface area contributed by atoms with E-state index in [1.54, 1.807) is 54.9 Å². The van der Waals surface area contributed by atoms with E-state index < -0.39 is 11.7 Å². The van der Waals surface area contributed by atoms with E-state index in [0.29, 0.717) is 135 Å². The van der Waals surface area contributed by atoms with E-state index in [-0.39, 0.29) is 74.7 Å². The molecule has 4 aliphatic rings. The third-order valence-corrected chi connectivity index (χ3v) is 24.8. The molecule has 3 aromatic carbocycles. The Hall–Kier alpha value is -16.0. The summed E-state index contributed by atoms with van der Waals surface area (Å²) in [7, 11) is 1.63. The number of pyridine rings is 4. The Kier molecular flexibility index (Phi) is 21.1. The maximum absolute atomic E-state index is 13.1. The Bertz CT molecular complexity index is 8510. The van der Waals surface area contributed by atoms with Gasteiger partial charge in [0.15, 0.2) is 68.5 Å². The Morgan fingerprint density at radius 2 is 0.632 bits per heavy atom. The predicted octanol–water partition coefficient (Wildman–Crippen LogP) is 13.1. The van der Waals surface area contributed by atoms with Crippen LogP contribution in [0.2, 0.25) is 0 Å². The first-order valence-electron chi connectivity index (χ1n) is 44.0. The van der Waals surface area contributed by atoms with Crippen LogP contribution in [0.1, 0.15) is 134 Å². The van der Waals surface area contributed by atoms with Crippen LogP contribution in [0.5, 0.6) is 5.75 Å². The SMILES string of the molecule is CCCn1c(=O)n(C2CC2)c(=O)c2[nH]c(-c3ccc4nnc(-c5ccc(C(F)(F)F)cc5)n4c3)nc21.CCCn1c(=O)n(C2CC2)c(=O)c2[nH]c(-c3ccc4nnc(-c5ccc(OC)cc5)n4c3)nc21.CCCn1c(=O)n(C2CC2)c(=O)c2[nH]c(-c3ccc4nnc(-c5ccccc5)n4c3)nc21.CCCn1c(=O)n(C2CC2)c(=O)c2[nH]c(-c3ccc4nnc(-c5cccs5)n4c3)nc21. The van der Waals surface area contributed by atoms with Gasteiger partial charge in [0, 0.05) is 114 Å². The zero-order chi connectivity index (χ0) is 91.5. The zero-order valence-electron chi connectivity index (χ0n) is 72.2. The average Bonchev–Trinajstić information content (AvgIpc) is 1.60. The van der Waals surface area contributed by atoms with Gasteiger partial charge in [0.05, 0.1) is 17.6 Å².